The van der Waals surface area contributed by atoms with E-state index >= 15 is 0 Å². The fraction of sp³-hybridized carbons (Fsp3) is 0.429. The third-order valence-electron chi connectivity index (χ3n) is 1.32. The van der Waals surface area contributed by atoms with Crippen molar-refractivity contribution < 1.29 is 13.9 Å². The van der Waals surface area contributed by atoms with Crippen LogP contribution in [0.4, 0.5) is 10.1 Å². The summed E-state index contributed by atoms with van der Waals surface area (Å²) < 4.78 is 22.4. The minimum absolute atomic E-state index is 0.0459. The van der Waals surface area contributed by atoms with E-state index in [0.717, 1.165) is 6.33 Å². The third-order valence-corrected chi connectivity index (χ3v) is 1.32. The number of hydrogen-bond acceptors (Lipinski definition) is 5. The lowest BCUT2D eigenvalue weighted by Crippen LogP contribution is -2.08. The quantitative estimate of drug-likeness (QED) is 0.539. The standard InChI is InChI=1S/C7H10FN3O2/c1-12-2-3-13-7-5(9)6(8)10-4-11-7/h4H,2-3,9H2,1H3. The number of ether oxygens (including phenoxy) is 2. The first-order valence-corrected chi connectivity index (χ1v) is 3.63. The van der Waals surface area contributed by atoms with Crippen LogP contribution in [0, 0.1) is 5.95 Å². The summed E-state index contributed by atoms with van der Waals surface area (Å²) in [6.07, 6.45) is 1.05. The number of aromatic nitrogens is 2. The highest BCUT2D eigenvalue weighted by atomic mass is 19.1. The second kappa shape index (κ2) is 4.56. The van der Waals surface area contributed by atoms with Gasteiger partial charge in [-0.3, -0.25) is 0 Å². The Kier molecular flexibility index (Phi) is 3.39. The first-order chi connectivity index (χ1) is 6.25. The Morgan fingerprint density at radius 3 is 2.92 bits per heavy atom. The van der Waals surface area contributed by atoms with Crippen LogP contribution in [0.5, 0.6) is 5.88 Å². The van der Waals surface area contributed by atoms with Gasteiger partial charge in [0.2, 0.25) is 11.8 Å². The second-order valence-electron chi connectivity index (χ2n) is 2.22. The fourth-order valence-corrected chi connectivity index (χ4v) is 0.696. The molecule has 72 valence electrons. The van der Waals surface area contributed by atoms with Crippen molar-refractivity contribution in [2.24, 2.45) is 0 Å². The van der Waals surface area contributed by atoms with Gasteiger partial charge in [0.05, 0.1) is 6.61 Å². The van der Waals surface area contributed by atoms with E-state index in [1.54, 1.807) is 0 Å². The summed E-state index contributed by atoms with van der Waals surface area (Å²) in [7, 11) is 1.53. The zero-order valence-corrected chi connectivity index (χ0v) is 7.16. The Morgan fingerprint density at radius 2 is 2.23 bits per heavy atom. The summed E-state index contributed by atoms with van der Waals surface area (Å²) in [5, 5.41) is 0. The molecule has 1 aromatic rings. The fourth-order valence-electron chi connectivity index (χ4n) is 0.696. The maximum absolute atomic E-state index is 12.7. The molecule has 0 aromatic carbocycles. The highest BCUT2D eigenvalue weighted by molar-refractivity contribution is 5.45. The number of nitrogens with two attached hydrogens (primary N) is 1. The van der Waals surface area contributed by atoms with Crippen molar-refractivity contribution in [2.75, 3.05) is 26.1 Å². The second-order valence-corrected chi connectivity index (χ2v) is 2.22. The smallest absolute Gasteiger partial charge is 0.243 e. The lowest BCUT2D eigenvalue weighted by molar-refractivity contribution is 0.144. The average molecular weight is 187 g/mol. The maximum atomic E-state index is 12.7. The molecule has 0 saturated carbocycles. The molecule has 0 fully saturated rings. The molecule has 0 spiro atoms. The van der Waals surface area contributed by atoms with Gasteiger partial charge in [-0.15, -0.1) is 0 Å². The van der Waals surface area contributed by atoms with Crippen LogP contribution in [0.3, 0.4) is 0 Å². The van der Waals surface area contributed by atoms with Gasteiger partial charge in [0, 0.05) is 7.11 Å². The van der Waals surface area contributed by atoms with Gasteiger partial charge in [-0.25, -0.2) is 4.98 Å². The molecule has 0 unspecified atom stereocenters. The van der Waals surface area contributed by atoms with Crippen molar-refractivity contribution in [1.82, 2.24) is 9.97 Å². The van der Waals surface area contributed by atoms with Crippen molar-refractivity contribution in [3.05, 3.63) is 12.3 Å². The molecule has 0 saturated heterocycles. The molecule has 0 aliphatic carbocycles. The minimum atomic E-state index is -0.776. The van der Waals surface area contributed by atoms with E-state index in [2.05, 4.69) is 9.97 Å². The molecule has 0 radical (unpaired) electrons. The summed E-state index contributed by atoms with van der Waals surface area (Å²) in [6.45, 7) is 0.669. The lowest BCUT2D eigenvalue weighted by Gasteiger charge is -2.05. The molecule has 1 heterocycles. The van der Waals surface area contributed by atoms with Crippen LogP contribution in [-0.2, 0) is 4.74 Å². The number of halogens is 1. The van der Waals surface area contributed by atoms with Gasteiger partial charge in [0.1, 0.15) is 12.9 Å². The SMILES string of the molecule is COCCOc1ncnc(F)c1N. The number of hydrogen-bond donors (Lipinski definition) is 1. The van der Waals surface area contributed by atoms with E-state index in [-0.39, 0.29) is 18.2 Å². The Balaban J connectivity index is 2.61. The first kappa shape index (κ1) is 9.66. The third kappa shape index (κ3) is 2.51. The number of methoxy groups -OCH3 is 1. The van der Waals surface area contributed by atoms with Gasteiger partial charge in [-0.2, -0.15) is 9.37 Å². The zero-order chi connectivity index (χ0) is 9.68. The van der Waals surface area contributed by atoms with Crippen molar-refractivity contribution in [1.29, 1.82) is 0 Å². The molecule has 0 aliphatic heterocycles. The minimum Gasteiger partial charge on any atom is -0.474 e. The Hall–Kier alpha value is -1.43. The van der Waals surface area contributed by atoms with Crippen molar-refractivity contribution in [2.45, 2.75) is 0 Å². The average Bonchev–Trinajstić information content (AvgIpc) is 2.13. The van der Waals surface area contributed by atoms with Gasteiger partial charge in [0.15, 0.2) is 5.69 Å². The highest BCUT2D eigenvalue weighted by Gasteiger charge is 2.07. The number of nitrogens with zero attached hydrogens (tertiary/aromatic N) is 2. The van der Waals surface area contributed by atoms with E-state index in [0.29, 0.717) is 6.61 Å². The molecular weight excluding hydrogens is 177 g/mol. The van der Waals surface area contributed by atoms with E-state index in [9.17, 15) is 4.39 Å². The van der Waals surface area contributed by atoms with Crippen LogP contribution in [-0.4, -0.2) is 30.3 Å². The predicted octanol–water partition coefficient (Wildman–Crippen LogP) is 0.223. The van der Waals surface area contributed by atoms with E-state index in [4.69, 9.17) is 15.2 Å². The van der Waals surface area contributed by atoms with Gasteiger partial charge < -0.3 is 15.2 Å². The zero-order valence-electron chi connectivity index (χ0n) is 7.16. The molecular formula is C7H10FN3O2. The van der Waals surface area contributed by atoms with Gasteiger partial charge >= 0.3 is 0 Å². The topological polar surface area (TPSA) is 70.3 Å². The normalized spacial score (nSPS) is 10.0. The highest BCUT2D eigenvalue weighted by Crippen LogP contribution is 2.18. The summed E-state index contributed by atoms with van der Waals surface area (Å²) >= 11 is 0. The Labute approximate surface area is 74.7 Å². The summed E-state index contributed by atoms with van der Waals surface area (Å²) in [5.74, 6) is -0.730. The van der Waals surface area contributed by atoms with E-state index in [1.165, 1.54) is 7.11 Å². The predicted molar refractivity (Wildman–Crippen MR) is 43.8 cm³/mol. The van der Waals surface area contributed by atoms with Crippen LogP contribution < -0.4 is 10.5 Å². The molecule has 5 nitrogen and oxygen atoms in total. The molecule has 0 amide bonds. The van der Waals surface area contributed by atoms with Crippen LogP contribution in [0.2, 0.25) is 0 Å². The lowest BCUT2D eigenvalue weighted by atomic mass is 10.5. The van der Waals surface area contributed by atoms with Gasteiger partial charge in [0.25, 0.3) is 0 Å². The number of rotatable bonds is 4. The van der Waals surface area contributed by atoms with Crippen molar-refractivity contribution >= 4 is 5.69 Å². The number of nitrogen functional groups attached to an aromatic ring is 1. The van der Waals surface area contributed by atoms with Crippen LogP contribution >= 0.6 is 0 Å². The Bertz CT molecular complexity index is 282. The molecule has 0 bridgehead atoms. The van der Waals surface area contributed by atoms with Gasteiger partial charge in [-0.1, -0.05) is 0 Å². The Morgan fingerprint density at radius 1 is 1.46 bits per heavy atom. The molecule has 0 aliphatic rings. The van der Waals surface area contributed by atoms with Crippen molar-refractivity contribution in [3.8, 4) is 5.88 Å². The van der Waals surface area contributed by atoms with Crippen LogP contribution in [0.25, 0.3) is 0 Å². The summed E-state index contributed by atoms with van der Waals surface area (Å²) in [4.78, 5) is 6.91. The van der Waals surface area contributed by atoms with E-state index in [1.807, 2.05) is 0 Å². The van der Waals surface area contributed by atoms with E-state index < -0.39 is 5.95 Å². The molecule has 2 N–H and O–H groups in total. The van der Waals surface area contributed by atoms with Gasteiger partial charge in [-0.05, 0) is 0 Å². The molecule has 0 atom stereocenters. The monoisotopic (exact) mass is 187 g/mol. The first-order valence-electron chi connectivity index (χ1n) is 3.63. The maximum Gasteiger partial charge on any atom is 0.243 e. The molecule has 13 heavy (non-hydrogen) atoms. The van der Waals surface area contributed by atoms with Crippen LogP contribution in [0.15, 0.2) is 6.33 Å². The molecule has 1 aromatic heterocycles. The molecule has 6 heteroatoms. The number of anilines is 1. The largest absolute Gasteiger partial charge is 0.474 e. The molecule has 1 rings (SSSR count). The van der Waals surface area contributed by atoms with Crippen molar-refractivity contribution in [3.63, 3.8) is 0 Å². The summed E-state index contributed by atoms with van der Waals surface area (Å²) in [6, 6.07) is 0. The summed E-state index contributed by atoms with van der Waals surface area (Å²) in [5.41, 5.74) is 5.12. The van der Waals surface area contributed by atoms with Crippen LogP contribution in [0.1, 0.15) is 0 Å².